The number of aromatic amines is 2. The molecule has 14 heteroatoms. The van der Waals surface area contributed by atoms with Crippen LogP contribution >= 0.6 is 0 Å². The number of H-pyrrole nitrogens is 2. The highest BCUT2D eigenvalue weighted by Crippen LogP contribution is 2.42. The molecule has 2 aromatic heterocycles. The van der Waals surface area contributed by atoms with E-state index in [0.717, 1.165) is 0 Å². The third-order valence-electron chi connectivity index (χ3n) is 6.55. The molecule has 0 aliphatic carbocycles. The van der Waals surface area contributed by atoms with E-state index in [1.54, 1.807) is 13.8 Å². The zero-order valence-electron chi connectivity index (χ0n) is 20.8. The third-order valence-corrected chi connectivity index (χ3v) is 6.55. The maximum atomic E-state index is 13.3. The van der Waals surface area contributed by atoms with Gasteiger partial charge in [0.1, 0.15) is 0 Å². The van der Waals surface area contributed by atoms with Crippen molar-refractivity contribution in [3.8, 4) is 22.3 Å². The smallest absolute Gasteiger partial charge is 0.364 e. The van der Waals surface area contributed by atoms with E-state index < -0.39 is 52.4 Å². The molecule has 0 unspecified atom stereocenters. The van der Waals surface area contributed by atoms with Gasteiger partial charge in [0, 0.05) is 29.2 Å². The first-order chi connectivity index (χ1) is 18.6. The highest BCUT2D eigenvalue weighted by Gasteiger charge is 2.39. The third kappa shape index (κ3) is 6.25. The van der Waals surface area contributed by atoms with Gasteiger partial charge in [0.25, 0.3) is 0 Å². The van der Waals surface area contributed by atoms with Gasteiger partial charge >= 0.3 is 24.7 Å². The Morgan fingerprint density at radius 1 is 0.390 bits per heavy atom. The average Bonchev–Trinajstić information content (AvgIpc) is 3.52. The van der Waals surface area contributed by atoms with Gasteiger partial charge in [0.05, 0.1) is 22.3 Å². The normalized spacial score (nSPS) is 13.6. The second kappa shape index (κ2) is 9.62. The fourth-order valence-electron chi connectivity index (χ4n) is 4.23. The molecule has 2 aromatic carbocycles. The van der Waals surface area contributed by atoms with Crippen LogP contribution in [-0.4, -0.2) is 9.97 Å². The SMILES string of the molecule is CC(C)(c1cc(-c2cc(C(F)(F)F)cc(C(F)(F)F)c2)c[nH]1)c1cc(-c2cc(C(F)(F)F)cc(C(F)(F)F)c2)c[nH]1. The van der Waals surface area contributed by atoms with Gasteiger partial charge in [0.15, 0.2) is 0 Å². The molecule has 2 heterocycles. The zero-order valence-corrected chi connectivity index (χ0v) is 20.8. The van der Waals surface area contributed by atoms with Crippen molar-refractivity contribution in [1.82, 2.24) is 9.97 Å². The van der Waals surface area contributed by atoms with Crippen molar-refractivity contribution in [2.24, 2.45) is 0 Å². The quantitative estimate of drug-likeness (QED) is 0.219. The van der Waals surface area contributed by atoms with Crippen molar-refractivity contribution in [2.45, 2.75) is 44.0 Å². The van der Waals surface area contributed by atoms with Crippen molar-refractivity contribution in [2.75, 3.05) is 0 Å². The maximum Gasteiger partial charge on any atom is 0.416 e. The highest BCUT2D eigenvalue weighted by molar-refractivity contribution is 5.68. The Morgan fingerprint density at radius 3 is 0.902 bits per heavy atom. The summed E-state index contributed by atoms with van der Waals surface area (Å²) in [7, 11) is 0. The Kier molecular flexibility index (Phi) is 7.07. The van der Waals surface area contributed by atoms with Gasteiger partial charge in [-0.2, -0.15) is 52.7 Å². The molecule has 2 nitrogen and oxygen atoms in total. The predicted molar refractivity (Wildman–Crippen MR) is 125 cm³/mol. The van der Waals surface area contributed by atoms with Gasteiger partial charge < -0.3 is 9.97 Å². The summed E-state index contributed by atoms with van der Waals surface area (Å²) in [6.45, 7) is 3.16. The molecule has 0 aliphatic rings. The van der Waals surface area contributed by atoms with E-state index in [1.165, 1.54) is 24.5 Å². The van der Waals surface area contributed by atoms with Crippen molar-refractivity contribution in [3.05, 3.63) is 94.6 Å². The minimum absolute atomic E-state index is 0.000555. The molecule has 4 aromatic rings. The second-order valence-corrected chi connectivity index (χ2v) is 9.82. The fourth-order valence-corrected chi connectivity index (χ4v) is 4.23. The zero-order chi connectivity index (χ0) is 30.8. The lowest BCUT2D eigenvalue weighted by molar-refractivity contribution is -0.144. The molecule has 2 N–H and O–H groups in total. The molecule has 0 aliphatic heterocycles. The number of rotatable bonds is 4. The number of nitrogens with one attached hydrogen (secondary N) is 2. The molecule has 0 fully saturated rings. The van der Waals surface area contributed by atoms with E-state index in [1.807, 2.05) is 0 Å². The van der Waals surface area contributed by atoms with Crippen molar-refractivity contribution in [1.29, 1.82) is 0 Å². The molecule has 0 spiro atoms. The van der Waals surface area contributed by atoms with Crippen LogP contribution < -0.4 is 0 Å². The van der Waals surface area contributed by atoms with Crippen LogP contribution in [0.1, 0.15) is 47.5 Å². The summed E-state index contributed by atoms with van der Waals surface area (Å²) in [6.07, 6.45) is -17.8. The Bertz CT molecular complexity index is 1380. The molecule has 4 rings (SSSR count). The highest BCUT2D eigenvalue weighted by atomic mass is 19.4. The van der Waals surface area contributed by atoms with Gasteiger partial charge in [0.2, 0.25) is 0 Å². The summed E-state index contributed by atoms with van der Waals surface area (Å²) in [4.78, 5) is 5.57. The summed E-state index contributed by atoms with van der Waals surface area (Å²) in [6, 6.07) is 4.87. The first-order valence-electron chi connectivity index (χ1n) is 11.5. The van der Waals surface area contributed by atoms with Gasteiger partial charge in [-0.3, -0.25) is 0 Å². The molecule has 0 saturated heterocycles. The lowest BCUT2D eigenvalue weighted by Crippen LogP contribution is -2.19. The number of hydrogen-bond acceptors (Lipinski definition) is 0. The van der Waals surface area contributed by atoms with Crippen LogP contribution in [0.4, 0.5) is 52.7 Å². The monoisotopic (exact) mass is 598 g/mol. The number of halogens is 12. The molecule has 0 radical (unpaired) electrons. The molecule has 0 atom stereocenters. The fraction of sp³-hybridized carbons (Fsp3) is 0.259. The largest absolute Gasteiger partial charge is 0.416 e. The summed E-state index contributed by atoms with van der Waals surface area (Å²) in [5.74, 6) is 0. The van der Waals surface area contributed by atoms with Gasteiger partial charge in [-0.25, -0.2) is 0 Å². The molecule has 0 saturated carbocycles. The summed E-state index contributed by atoms with van der Waals surface area (Å²) < 4.78 is 159. The van der Waals surface area contributed by atoms with Crippen LogP contribution in [0.3, 0.4) is 0 Å². The lowest BCUT2D eigenvalue weighted by atomic mass is 9.85. The molecule has 0 bridgehead atoms. The summed E-state index contributed by atoms with van der Waals surface area (Å²) >= 11 is 0. The number of aromatic nitrogens is 2. The van der Waals surface area contributed by atoms with E-state index in [0.29, 0.717) is 24.3 Å². The van der Waals surface area contributed by atoms with E-state index in [4.69, 9.17) is 0 Å². The van der Waals surface area contributed by atoms with Gasteiger partial charge in [-0.05, 0) is 84.6 Å². The molecule has 41 heavy (non-hydrogen) atoms. The van der Waals surface area contributed by atoms with Crippen LogP contribution in [0, 0.1) is 0 Å². The maximum absolute atomic E-state index is 13.3. The Balaban J connectivity index is 1.73. The van der Waals surface area contributed by atoms with Gasteiger partial charge in [-0.15, -0.1) is 0 Å². The Labute approximate surface area is 224 Å². The van der Waals surface area contributed by atoms with Crippen LogP contribution in [0.5, 0.6) is 0 Å². The van der Waals surface area contributed by atoms with E-state index >= 15 is 0 Å². The van der Waals surface area contributed by atoms with Crippen molar-refractivity contribution >= 4 is 0 Å². The molecule has 0 amide bonds. The molecular weight excluding hydrogens is 580 g/mol. The van der Waals surface area contributed by atoms with Crippen LogP contribution in [-0.2, 0) is 30.1 Å². The minimum Gasteiger partial charge on any atom is -0.364 e. The van der Waals surface area contributed by atoms with E-state index in [2.05, 4.69) is 9.97 Å². The summed E-state index contributed by atoms with van der Waals surface area (Å²) in [5.41, 5.74) is -7.31. The van der Waals surface area contributed by atoms with Crippen molar-refractivity contribution in [3.63, 3.8) is 0 Å². The van der Waals surface area contributed by atoms with Crippen LogP contribution in [0.15, 0.2) is 60.9 Å². The molecule has 220 valence electrons. The molecular formula is C27H18F12N2. The summed E-state index contributed by atoms with van der Waals surface area (Å²) in [5, 5.41) is 0. The first kappa shape index (κ1) is 30.1. The van der Waals surface area contributed by atoms with Crippen molar-refractivity contribution < 1.29 is 52.7 Å². The first-order valence-corrected chi connectivity index (χ1v) is 11.5. The minimum atomic E-state index is -5.05. The van der Waals surface area contributed by atoms with Crippen LogP contribution in [0.25, 0.3) is 22.3 Å². The predicted octanol–water partition coefficient (Wildman–Crippen LogP) is 10.1. The lowest BCUT2D eigenvalue weighted by Gasteiger charge is -2.22. The second-order valence-electron chi connectivity index (χ2n) is 9.82. The Morgan fingerprint density at radius 2 is 0.659 bits per heavy atom. The van der Waals surface area contributed by atoms with E-state index in [-0.39, 0.29) is 45.8 Å². The standard InChI is InChI=1S/C27H18F12N2/c1-23(2,21-7-15(11-40-21)13-3-17(24(28,29)30)9-18(4-13)25(31,32)33)22-8-16(12-41-22)14-5-19(26(34,35)36)10-20(6-14)27(37,38)39/h3-12,40-41H,1-2H3. The topological polar surface area (TPSA) is 31.6 Å². The van der Waals surface area contributed by atoms with Crippen LogP contribution in [0.2, 0.25) is 0 Å². The van der Waals surface area contributed by atoms with Gasteiger partial charge in [-0.1, -0.05) is 0 Å². The number of hydrogen-bond donors (Lipinski definition) is 2. The van der Waals surface area contributed by atoms with E-state index in [9.17, 15) is 52.7 Å². The number of alkyl halides is 12. The number of benzene rings is 2. The Hall–Kier alpha value is -3.84. The average molecular weight is 598 g/mol.